The summed E-state index contributed by atoms with van der Waals surface area (Å²) in [5, 5.41) is 2.91. The van der Waals surface area contributed by atoms with Crippen LogP contribution in [0.2, 0.25) is 0 Å². The Morgan fingerprint density at radius 3 is 2.54 bits per heavy atom. The van der Waals surface area contributed by atoms with E-state index in [4.69, 9.17) is 4.74 Å². The van der Waals surface area contributed by atoms with Crippen molar-refractivity contribution < 1.29 is 14.3 Å². The number of aryl methyl sites for hydroxylation is 1. The highest BCUT2D eigenvalue weighted by Crippen LogP contribution is 2.22. The van der Waals surface area contributed by atoms with E-state index < -0.39 is 12.1 Å². The van der Waals surface area contributed by atoms with E-state index in [-0.39, 0.29) is 5.91 Å². The van der Waals surface area contributed by atoms with E-state index in [0.29, 0.717) is 18.7 Å². The summed E-state index contributed by atoms with van der Waals surface area (Å²) in [7, 11) is 0. The number of carbonyl (C=O) groups is 2. The molecule has 1 fully saturated rings. The predicted molar refractivity (Wildman–Crippen MR) is 92.0 cm³/mol. The molecule has 0 aliphatic carbocycles. The van der Waals surface area contributed by atoms with Gasteiger partial charge in [-0.2, -0.15) is 0 Å². The maximum Gasteiger partial charge on any atom is 0.415 e. The summed E-state index contributed by atoms with van der Waals surface area (Å²) in [6.07, 6.45) is 0.945. The van der Waals surface area contributed by atoms with Crippen LogP contribution in [0.4, 0.5) is 10.5 Å². The monoisotopic (exact) mass is 324 g/mol. The summed E-state index contributed by atoms with van der Waals surface area (Å²) >= 11 is 0. The molecule has 5 heteroatoms. The summed E-state index contributed by atoms with van der Waals surface area (Å²) in [4.78, 5) is 26.4. The van der Waals surface area contributed by atoms with Crippen LogP contribution in [0.3, 0.4) is 0 Å². The molecule has 5 nitrogen and oxygen atoms in total. The SMILES string of the molecule is Cc1ccccc1NC(=O)C1CCCN1C(=O)Oc1ccccc1. The van der Waals surface area contributed by atoms with E-state index in [1.165, 1.54) is 4.90 Å². The minimum absolute atomic E-state index is 0.174. The van der Waals surface area contributed by atoms with Crippen molar-refractivity contribution in [2.45, 2.75) is 25.8 Å². The van der Waals surface area contributed by atoms with Crippen molar-refractivity contribution in [3.63, 3.8) is 0 Å². The molecule has 3 rings (SSSR count). The molecule has 0 aromatic heterocycles. The smallest absolute Gasteiger partial charge is 0.410 e. The Bertz CT molecular complexity index is 730. The number of ether oxygens (including phenoxy) is 1. The molecular weight excluding hydrogens is 304 g/mol. The highest BCUT2D eigenvalue weighted by Gasteiger charge is 2.35. The third kappa shape index (κ3) is 3.56. The molecule has 1 aliphatic heterocycles. The number of nitrogens with zero attached hydrogens (tertiary/aromatic N) is 1. The molecule has 124 valence electrons. The summed E-state index contributed by atoms with van der Waals surface area (Å²) in [6, 6.07) is 16.0. The minimum atomic E-state index is -0.499. The van der Waals surface area contributed by atoms with Crippen molar-refractivity contribution in [1.29, 1.82) is 0 Å². The molecule has 24 heavy (non-hydrogen) atoms. The van der Waals surface area contributed by atoms with Gasteiger partial charge in [-0.15, -0.1) is 0 Å². The molecule has 2 aromatic rings. The highest BCUT2D eigenvalue weighted by molar-refractivity contribution is 5.97. The normalized spacial score (nSPS) is 16.7. The number of rotatable bonds is 3. The van der Waals surface area contributed by atoms with Gasteiger partial charge in [0.25, 0.3) is 0 Å². The quantitative estimate of drug-likeness (QED) is 0.938. The summed E-state index contributed by atoms with van der Waals surface area (Å²) in [5.41, 5.74) is 1.76. The van der Waals surface area contributed by atoms with E-state index in [2.05, 4.69) is 5.32 Å². The molecule has 1 saturated heterocycles. The van der Waals surface area contributed by atoms with Crippen molar-refractivity contribution >= 4 is 17.7 Å². The molecule has 1 N–H and O–H groups in total. The Morgan fingerprint density at radius 1 is 1.08 bits per heavy atom. The zero-order chi connectivity index (χ0) is 16.9. The number of anilines is 1. The van der Waals surface area contributed by atoms with E-state index in [0.717, 1.165) is 17.7 Å². The third-order valence-corrected chi connectivity index (χ3v) is 4.14. The lowest BCUT2D eigenvalue weighted by Crippen LogP contribution is -2.44. The van der Waals surface area contributed by atoms with Crippen molar-refractivity contribution in [3.05, 3.63) is 60.2 Å². The van der Waals surface area contributed by atoms with Gasteiger partial charge in [0.05, 0.1) is 0 Å². The first-order chi connectivity index (χ1) is 11.6. The minimum Gasteiger partial charge on any atom is -0.410 e. The van der Waals surface area contributed by atoms with Gasteiger partial charge in [0.2, 0.25) is 5.91 Å². The highest BCUT2D eigenvalue weighted by atomic mass is 16.6. The topological polar surface area (TPSA) is 58.6 Å². The Kier molecular flexibility index (Phi) is 4.79. The van der Waals surface area contributed by atoms with E-state index >= 15 is 0 Å². The zero-order valence-corrected chi connectivity index (χ0v) is 13.6. The van der Waals surface area contributed by atoms with Crippen LogP contribution in [0.25, 0.3) is 0 Å². The maximum atomic E-state index is 12.6. The molecule has 0 bridgehead atoms. The van der Waals surface area contributed by atoms with Crippen LogP contribution in [-0.2, 0) is 4.79 Å². The average Bonchev–Trinajstić information content (AvgIpc) is 3.08. The fraction of sp³-hybridized carbons (Fsp3) is 0.263. The van der Waals surface area contributed by atoms with Gasteiger partial charge in [-0.1, -0.05) is 36.4 Å². The van der Waals surface area contributed by atoms with Crippen molar-refractivity contribution in [2.24, 2.45) is 0 Å². The van der Waals surface area contributed by atoms with Gasteiger partial charge in [0.15, 0.2) is 0 Å². The van der Waals surface area contributed by atoms with E-state index in [9.17, 15) is 9.59 Å². The number of hydrogen-bond acceptors (Lipinski definition) is 3. The van der Waals surface area contributed by atoms with E-state index in [1.807, 2.05) is 37.3 Å². The largest absolute Gasteiger partial charge is 0.415 e. The lowest BCUT2D eigenvalue weighted by Gasteiger charge is -2.23. The second-order valence-corrected chi connectivity index (χ2v) is 5.84. The number of hydrogen-bond donors (Lipinski definition) is 1. The molecular formula is C19H20N2O3. The fourth-order valence-corrected chi connectivity index (χ4v) is 2.83. The molecule has 2 amide bonds. The molecule has 1 heterocycles. The average molecular weight is 324 g/mol. The molecule has 1 unspecified atom stereocenters. The Labute approximate surface area is 141 Å². The van der Waals surface area contributed by atoms with Gasteiger partial charge in [-0.3, -0.25) is 9.69 Å². The lowest BCUT2D eigenvalue weighted by molar-refractivity contribution is -0.119. The van der Waals surface area contributed by atoms with Gasteiger partial charge in [-0.05, 0) is 43.5 Å². The molecule has 0 radical (unpaired) electrons. The van der Waals surface area contributed by atoms with Crippen LogP contribution >= 0.6 is 0 Å². The fourth-order valence-electron chi connectivity index (χ4n) is 2.83. The van der Waals surface area contributed by atoms with Crippen molar-refractivity contribution in [3.8, 4) is 5.75 Å². The van der Waals surface area contributed by atoms with Gasteiger partial charge in [0, 0.05) is 12.2 Å². The van der Waals surface area contributed by atoms with Crippen LogP contribution in [0, 0.1) is 6.92 Å². The standard InChI is InChI=1S/C19H20N2O3/c1-14-8-5-6-11-16(14)20-18(22)17-12-7-13-21(17)19(23)24-15-9-3-2-4-10-15/h2-6,8-11,17H,7,12-13H2,1H3,(H,20,22). The first kappa shape index (κ1) is 16.1. The third-order valence-electron chi connectivity index (χ3n) is 4.14. The number of benzene rings is 2. The van der Waals surface area contributed by atoms with Gasteiger partial charge < -0.3 is 10.1 Å². The van der Waals surface area contributed by atoms with E-state index in [1.54, 1.807) is 24.3 Å². The van der Waals surface area contributed by atoms with Gasteiger partial charge >= 0.3 is 6.09 Å². The number of nitrogens with one attached hydrogen (secondary N) is 1. The number of amides is 2. The van der Waals surface area contributed by atoms with Crippen molar-refractivity contribution in [2.75, 3.05) is 11.9 Å². The zero-order valence-electron chi connectivity index (χ0n) is 13.6. The second kappa shape index (κ2) is 7.17. The number of likely N-dealkylation sites (tertiary alicyclic amines) is 1. The summed E-state index contributed by atoms with van der Waals surface area (Å²) < 4.78 is 5.36. The first-order valence-electron chi connectivity index (χ1n) is 8.05. The Balaban J connectivity index is 1.67. The van der Waals surface area contributed by atoms with Gasteiger partial charge in [-0.25, -0.2) is 4.79 Å². The van der Waals surface area contributed by atoms with Gasteiger partial charge in [0.1, 0.15) is 11.8 Å². The second-order valence-electron chi connectivity index (χ2n) is 5.84. The maximum absolute atomic E-state index is 12.6. The van der Waals surface area contributed by atoms with Crippen LogP contribution in [0.5, 0.6) is 5.75 Å². The Hall–Kier alpha value is -2.82. The van der Waals surface area contributed by atoms with Crippen LogP contribution in [0.15, 0.2) is 54.6 Å². The van der Waals surface area contributed by atoms with Crippen LogP contribution in [0.1, 0.15) is 18.4 Å². The molecule has 1 aliphatic rings. The molecule has 0 saturated carbocycles. The molecule has 1 atom stereocenters. The predicted octanol–water partition coefficient (Wildman–Crippen LogP) is 3.60. The molecule has 0 spiro atoms. The summed E-state index contributed by atoms with van der Waals surface area (Å²) in [6.45, 7) is 2.46. The first-order valence-corrected chi connectivity index (χ1v) is 8.05. The van der Waals surface area contributed by atoms with Crippen molar-refractivity contribution in [1.82, 2.24) is 4.90 Å². The lowest BCUT2D eigenvalue weighted by atomic mass is 10.1. The van der Waals surface area contributed by atoms with Crippen LogP contribution < -0.4 is 10.1 Å². The Morgan fingerprint density at radius 2 is 1.79 bits per heavy atom. The van der Waals surface area contributed by atoms with Crippen LogP contribution in [-0.4, -0.2) is 29.5 Å². The molecule has 2 aromatic carbocycles. The summed E-state index contributed by atoms with van der Waals surface area (Å²) in [5.74, 6) is 0.305. The number of carbonyl (C=O) groups excluding carboxylic acids is 2. The number of para-hydroxylation sites is 2.